The number of nitrogens with zero attached hydrogens (tertiary/aromatic N) is 1. The van der Waals surface area contributed by atoms with Gasteiger partial charge >= 0.3 is 0 Å². The summed E-state index contributed by atoms with van der Waals surface area (Å²) in [6, 6.07) is 14.5. The highest BCUT2D eigenvalue weighted by molar-refractivity contribution is 5.73. The third kappa shape index (κ3) is 6.96. The van der Waals surface area contributed by atoms with Crippen LogP contribution in [0.15, 0.2) is 61.7 Å². The standard InChI is InChI=1S/C13H17NO2.C8H8O/c1-5-12-6-8-13(9-7-12)16-11(3)14(4)10(2)15;1-2-7-3-5-8(9)6-4-7/h5-9,11H,1H2,2-4H3;2-6,9H,1H2. The molecule has 0 saturated carbocycles. The van der Waals surface area contributed by atoms with Gasteiger partial charge in [-0.1, -0.05) is 49.6 Å². The van der Waals surface area contributed by atoms with Crippen molar-refractivity contribution in [2.24, 2.45) is 0 Å². The molecule has 2 rings (SSSR count). The van der Waals surface area contributed by atoms with Gasteiger partial charge in [0.25, 0.3) is 0 Å². The zero-order chi connectivity index (χ0) is 18.8. The quantitative estimate of drug-likeness (QED) is 0.812. The average molecular weight is 339 g/mol. The van der Waals surface area contributed by atoms with E-state index in [1.807, 2.05) is 43.3 Å². The predicted octanol–water partition coefficient (Wildman–Crippen LogP) is 4.57. The molecule has 0 aliphatic carbocycles. The van der Waals surface area contributed by atoms with Crippen molar-refractivity contribution in [2.75, 3.05) is 7.05 Å². The number of carbonyl (C=O) groups is 1. The summed E-state index contributed by atoms with van der Waals surface area (Å²) in [5.74, 6) is 1.02. The van der Waals surface area contributed by atoms with Crippen molar-refractivity contribution < 1.29 is 14.6 Å². The molecule has 132 valence electrons. The zero-order valence-corrected chi connectivity index (χ0v) is 15.0. The third-order valence-corrected chi connectivity index (χ3v) is 3.59. The summed E-state index contributed by atoms with van der Waals surface area (Å²) >= 11 is 0. The van der Waals surface area contributed by atoms with Gasteiger partial charge in [-0.05, 0) is 42.3 Å². The highest BCUT2D eigenvalue weighted by Crippen LogP contribution is 2.15. The first-order valence-corrected chi connectivity index (χ1v) is 7.91. The number of phenols is 1. The molecule has 1 N–H and O–H groups in total. The molecule has 0 aromatic heterocycles. The lowest BCUT2D eigenvalue weighted by Crippen LogP contribution is -2.37. The molecule has 2 aromatic rings. The van der Waals surface area contributed by atoms with Gasteiger partial charge in [0, 0.05) is 14.0 Å². The maximum Gasteiger partial charge on any atom is 0.222 e. The molecule has 0 saturated heterocycles. The largest absolute Gasteiger partial charge is 0.508 e. The zero-order valence-electron chi connectivity index (χ0n) is 15.0. The van der Waals surface area contributed by atoms with E-state index in [1.165, 1.54) is 6.92 Å². The molecule has 0 radical (unpaired) electrons. The molecule has 25 heavy (non-hydrogen) atoms. The molecule has 0 aliphatic heterocycles. The van der Waals surface area contributed by atoms with E-state index in [0.29, 0.717) is 5.75 Å². The minimum absolute atomic E-state index is 0.0183. The molecule has 4 heteroatoms. The van der Waals surface area contributed by atoms with Crippen molar-refractivity contribution in [3.05, 3.63) is 72.8 Å². The molecular formula is C21H25NO3. The smallest absolute Gasteiger partial charge is 0.222 e. The van der Waals surface area contributed by atoms with Gasteiger partial charge in [-0.2, -0.15) is 0 Å². The Bertz CT molecular complexity index is 690. The molecular weight excluding hydrogens is 314 g/mol. The maximum absolute atomic E-state index is 11.1. The summed E-state index contributed by atoms with van der Waals surface area (Å²) in [7, 11) is 1.71. The number of ether oxygens (including phenoxy) is 1. The first kappa shape index (κ1) is 20.0. The summed E-state index contributed by atoms with van der Waals surface area (Å²) in [6.45, 7) is 10.6. The Labute approximate surface area is 149 Å². The number of carbonyl (C=O) groups excluding carboxylic acids is 1. The lowest BCUT2D eigenvalue weighted by molar-refractivity contribution is -0.134. The first-order chi connectivity index (χ1) is 11.9. The van der Waals surface area contributed by atoms with Crippen molar-refractivity contribution >= 4 is 18.1 Å². The average Bonchev–Trinajstić information content (AvgIpc) is 2.62. The monoisotopic (exact) mass is 339 g/mol. The third-order valence-electron chi connectivity index (χ3n) is 3.59. The van der Waals surface area contributed by atoms with Gasteiger partial charge < -0.3 is 14.7 Å². The summed E-state index contributed by atoms with van der Waals surface area (Å²) in [4.78, 5) is 12.7. The molecule has 0 fully saturated rings. The Morgan fingerprint density at radius 3 is 1.88 bits per heavy atom. The van der Waals surface area contributed by atoms with E-state index < -0.39 is 0 Å². The van der Waals surface area contributed by atoms with Crippen molar-refractivity contribution in [3.63, 3.8) is 0 Å². The second-order valence-corrected chi connectivity index (χ2v) is 5.42. The van der Waals surface area contributed by atoms with Crippen LogP contribution in [-0.2, 0) is 4.79 Å². The van der Waals surface area contributed by atoms with E-state index in [9.17, 15) is 4.79 Å². The normalized spacial score (nSPS) is 10.7. The number of hydrogen-bond donors (Lipinski definition) is 1. The van der Waals surface area contributed by atoms with Crippen molar-refractivity contribution in [1.29, 1.82) is 0 Å². The number of amides is 1. The van der Waals surface area contributed by atoms with Crippen molar-refractivity contribution in [1.82, 2.24) is 4.90 Å². The summed E-state index contributed by atoms with van der Waals surface area (Å²) in [5, 5.41) is 8.82. The van der Waals surface area contributed by atoms with Gasteiger partial charge in [-0.25, -0.2) is 0 Å². The predicted molar refractivity (Wildman–Crippen MR) is 103 cm³/mol. The highest BCUT2D eigenvalue weighted by Gasteiger charge is 2.12. The van der Waals surface area contributed by atoms with Crippen LogP contribution in [0.4, 0.5) is 0 Å². The van der Waals surface area contributed by atoms with Gasteiger partial charge in [0.1, 0.15) is 11.5 Å². The van der Waals surface area contributed by atoms with Crippen molar-refractivity contribution in [3.8, 4) is 11.5 Å². The van der Waals surface area contributed by atoms with E-state index >= 15 is 0 Å². The highest BCUT2D eigenvalue weighted by atomic mass is 16.5. The Morgan fingerprint density at radius 2 is 1.48 bits per heavy atom. The van der Waals surface area contributed by atoms with E-state index in [-0.39, 0.29) is 12.1 Å². The number of hydrogen-bond acceptors (Lipinski definition) is 3. The molecule has 2 aromatic carbocycles. The minimum Gasteiger partial charge on any atom is -0.508 e. The van der Waals surface area contributed by atoms with Gasteiger partial charge in [-0.3, -0.25) is 4.79 Å². The summed E-state index contributed by atoms with van der Waals surface area (Å²) in [5.41, 5.74) is 2.06. The van der Waals surface area contributed by atoms with Gasteiger partial charge in [0.15, 0.2) is 6.23 Å². The molecule has 0 spiro atoms. The van der Waals surface area contributed by atoms with Crippen LogP contribution in [0.3, 0.4) is 0 Å². The lowest BCUT2D eigenvalue weighted by Gasteiger charge is -2.24. The molecule has 0 bridgehead atoms. The van der Waals surface area contributed by atoms with Gasteiger partial charge in [0.2, 0.25) is 5.91 Å². The summed E-state index contributed by atoms with van der Waals surface area (Å²) < 4.78 is 5.61. The van der Waals surface area contributed by atoms with Crippen molar-refractivity contribution in [2.45, 2.75) is 20.1 Å². The molecule has 1 amide bonds. The maximum atomic E-state index is 11.1. The first-order valence-electron chi connectivity index (χ1n) is 7.91. The molecule has 4 nitrogen and oxygen atoms in total. The molecule has 1 atom stereocenters. The second-order valence-electron chi connectivity index (χ2n) is 5.42. The number of aromatic hydroxyl groups is 1. The van der Waals surface area contributed by atoms with Crippen LogP contribution in [-0.4, -0.2) is 29.2 Å². The van der Waals surface area contributed by atoms with E-state index in [4.69, 9.17) is 9.84 Å². The van der Waals surface area contributed by atoms with E-state index in [2.05, 4.69) is 13.2 Å². The Kier molecular flexibility index (Phi) is 8.00. The fourth-order valence-electron chi connectivity index (χ4n) is 1.82. The van der Waals surface area contributed by atoms with Crippen LogP contribution < -0.4 is 4.74 Å². The van der Waals surface area contributed by atoms with E-state index in [1.54, 1.807) is 36.2 Å². The lowest BCUT2D eigenvalue weighted by atomic mass is 10.2. The van der Waals surface area contributed by atoms with Gasteiger partial charge in [-0.15, -0.1) is 0 Å². The fraction of sp³-hybridized carbons (Fsp3) is 0.190. The van der Waals surface area contributed by atoms with Crippen LogP contribution in [0.25, 0.3) is 12.2 Å². The number of phenolic OH excluding ortho intramolecular Hbond substituents is 1. The Hall–Kier alpha value is -3.01. The molecule has 1 unspecified atom stereocenters. The van der Waals surface area contributed by atoms with Gasteiger partial charge in [0.05, 0.1) is 0 Å². The molecule has 0 aliphatic rings. The van der Waals surface area contributed by atoms with E-state index in [0.717, 1.165) is 16.9 Å². The molecule has 0 heterocycles. The Morgan fingerprint density at radius 1 is 1.04 bits per heavy atom. The van der Waals surface area contributed by atoms with Crippen LogP contribution in [0.5, 0.6) is 11.5 Å². The number of rotatable bonds is 5. The topological polar surface area (TPSA) is 49.8 Å². The minimum atomic E-state index is -0.271. The second kappa shape index (κ2) is 9.98. The SMILES string of the molecule is C=Cc1ccc(O)cc1.C=Cc1ccc(OC(C)N(C)C(C)=O)cc1. The Balaban J connectivity index is 0.000000293. The van der Waals surface area contributed by atoms with Crippen LogP contribution in [0.2, 0.25) is 0 Å². The number of benzene rings is 2. The summed E-state index contributed by atoms with van der Waals surface area (Å²) in [6.07, 6.45) is 3.24. The fourth-order valence-corrected chi connectivity index (χ4v) is 1.82. The van der Waals surface area contributed by atoms with Crippen LogP contribution in [0, 0.1) is 0 Å². The van der Waals surface area contributed by atoms with Crippen LogP contribution in [0.1, 0.15) is 25.0 Å². The van der Waals surface area contributed by atoms with Crippen LogP contribution >= 0.6 is 0 Å².